The van der Waals surface area contributed by atoms with Crippen molar-refractivity contribution in [2.45, 2.75) is 19.3 Å². The Kier molecular flexibility index (Phi) is 2.41. The first-order valence-corrected chi connectivity index (χ1v) is 4.54. The van der Waals surface area contributed by atoms with Crippen LogP contribution in [-0.2, 0) is 4.74 Å². The molecule has 0 amide bonds. The van der Waals surface area contributed by atoms with E-state index >= 15 is 0 Å². The van der Waals surface area contributed by atoms with Crippen LogP contribution in [0.2, 0.25) is 0 Å². The van der Waals surface area contributed by atoms with Crippen LogP contribution in [0.3, 0.4) is 0 Å². The quantitative estimate of drug-likeness (QED) is 0.555. The van der Waals surface area contributed by atoms with Crippen molar-refractivity contribution in [1.82, 2.24) is 10.0 Å². The molecule has 2 aliphatic heterocycles. The summed E-state index contributed by atoms with van der Waals surface area (Å²) in [6.45, 7) is 5.31. The topological polar surface area (TPSA) is 15.7 Å². The molecule has 0 unspecified atom stereocenters. The zero-order chi connectivity index (χ0) is 7.52. The van der Waals surface area contributed by atoms with E-state index in [2.05, 4.69) is 10.0 Å². The average Bonchev–Trinajstić information content (AvgIpc) is 2.58. The second-order valence-corrected chi connectivity index (χ2v) is 3.28. The smallest absolute Gasteiger partial charge is 0.112 e. The summed E-state index contributed by atoms with van der Waals surface area (Å²) < 4.78 is 5.29. The van der Waals surface area contributed by atoms with E-state index in [0.717, 1.165) is 19.9 Å². The van der Waals surface area contributed by atoms with E-state index in [1.54, 1.807) is 0 Å². The number of hydrogen-bond acceptors (Lipinski definition) is 3. The van der Waals surface area contributed by atoms with Gasteiger partial charge in [-0.05, 0) is 12.8 Å². The van der Waals surface area contributed by atoms with Crippen molar-refractivity contribution < 1.29 is 4.74 Å². The number of nitrogens with zero attached hydrogens (tertiary/aromatic N) is 2. The molecule has 0 radical (unpaired) electrons. The first-order chi connectivity index (χ1) is 5.47. The van der Waals surface area contributed by atoms with Crippen molar-refractivity contribution >= 4 is 0 Å². The number of hydrazine groups is 1. The molecule has 2 saturated heterocycles. The minimum absolute atomic E-state index is 0.819. The second-order valence-electron chi connectivity index (χ2n) is 3.28. The molecule has 0 bridgehead atoms. The van der Waals surface area contributed by atoms with Crippen LogP contribution in [-0.4, -0.2) is 43.0 Å². The summed E-state index contributed by atoms with van der Waals surface area (Å²) in [5, 5.41) is 4.77. The van der Waals surface area contributed by atoms with Gasteiger partial charge in [-0.1, -0.05) is 6.42 Å². The Balaban J connectivity index is 1.82. The van der Waals surface area contributed by atoms with E-state index in [4.69, 9.17) is 4.74 Å². The van der Waals surface area contributed by atoms with Gasteiger partial charge in [0.2, 0.25) is 0 Å². The molecule has 2 heterocycles. The standard InChI is InChI=1S/C8H16N2O/c1-2-4-9(5-3-1)10-6-7-11-8-10/h1-8H2. The fourth-order valence-corrected chi connectivity index (χ4v) is 1.79. The van der Waals surface area contributed by atoms with Crippen molar-refractivity contribution in [2.75, 3.05) is 33.0 Å². The zero-order valence-electron chi connectivity index (χ0n) is 6.96. The molecule has 2 fully saturated rings. The Bertz CT molecular complexity index is 117. The summed E-state index contributed by atoms with van der Waals surface area (Å²) in [7, 11) is 0. The lowest BCUT2D eigenvalue weighted by atomic mass is 10.2. The van der Waals surface area contributed by atoms with Crippen molar-refractivity contribution in [3.63, 3.8) is 0 Å². The molecule has 11 heavy (non-hydrogen) atoms. The maximum atomic E-state index is 5.29. The molecule has 0 aromatic rings. The molecule has 2 rings (SSSR count). The van der Waals surface area contributed by atoms with Crippen LogP contribution < -0.4 is 0 Å². The Hall–Kier alpha value is -0.120. The maximum absolute atomic E-state index is 5.29. The van der Waals surface area contributed by atoms with E-state index < -0.39 is 0 Å². The lowest BCUT2D eigenvalue weighted by Gasteiger charge is -2.33. The van der Waals surface area contributed by atoms with E-state index in [1.165, 1.54) is 32.4 Å². The first-order valence-electron chi connectivity index (χ1n) is 4.54. The molecule has 0 aromatic heterocycles. The SMILES string of the molecule is C1CCN(N2CCOC2)CC1. The fraction of sp³-hybridized carbons (Fsp3) is 1.00. The highest BCUT2D eigenvalue weighted by atomic mass is 16.5. The van der Waals surface area contributed by atoms with Gasteiger partial charge in [0, 0.05) is 19.6 Å². The molecule has 2 aliphatic rings. The molecule has 0 aliphatic carbocycles. The Morgan fingerprint density at radius 1 is 0.818 bits per heavy atom. The third-order valence-electron chi connectivity index (χ3n) is 2.47. The zero-order valence-corrected chi connectivity index (χ0v) is 6.96. The van der Waals surface area contributed by atoms with Crippen LogP contribution in [0.5, 0.6) is 0 Å². The van der Waals surface area contributed by atoms with Gasteiger partial charge < -0.3 is 4.74 Å². The molecule has 0 saturated carbocycles. The highest BCUT2D eigenvalue weighted by Gasteiger charge is 2.20. The van der Waals surface area contributed by atoms with Crippen LogP contribution in [0.25, 0.3) is 0 Å². The van der Waals surface area contributed by atoms with Crippen LogP contribution >= 0.6 is 0 Å². The molecule has 3 heteroatoms. The maximum Gasteiger partial charge on any atom is 0.112 e. The molecule has 0 atom stereocenters. The summed E-state index contributed by atoms with van der Waals surface area (Å²) in [5.74, 6) is 0. The highest BCUT2D eigenvalue weighted by Crippen LogP contribution is 2.13. The van der Waals surface area contributed by atoms with E-state index in [-0.39, 0.29) is 0 Å². The molecular weight excluding hydrogens is 140 g/mol. The Labute approximate surface area is 67.9 Å². The highest BCUT2D eigenvalue weighted by molar-refractivity contribution is 4.64. The van der Waals surface area contributed by atoms with E-state index in [0.29, 0.717) is 0 Å². The number of ether oxygens (including phenoxy) is 1. The summed E-state index contributed by atoms with van der Waals surface area (Å²) in [5.41, 5.74) is 0. The molecule has 64 valence electrons. The molecule has 0 N–H and O–H groups in total. The summed E-state index contributed by atoms with van der Waals surface area (Å²) in [4.78, 5) is 0. The molecule has 0 aromatic carbocycles. The lowest BCUT2D eigenvalue weighted by molar-refractivity contribution is -0.0494. The molecule has 0 spiro atoms. The minimum Gasteiger partial charge on any atom is -0.363 e. The normalized spacial score (nSPS) is 29.5. The third-order valence-corrected chi connectivity index (χ3v) is 2.47. The summed E-state index contributed by atoms with van der Waals surface area (Å²) >= 11 is 0. The van der Waals surface area contributed by atoms with Crippen molar-refractivity contribution in [2.24, 2.45) is 0 Å². The fourth-order valence-electron chi connectivity index (χ4n) is 1.79. The predicted octanol–water partition coefficient (Wildman–Crippen LogP) is 0.677. The lowest BCUT2D eigenvalue weighted by Crippen LogP contribution is -2.43. The van der Waals surface area contributed by atoms with Gasteiger partial charge in [0.05, 0.1) is 6.61 Å². The largest absolute Gasteiger partial charge is 0.363 e. The Morgan fingerprint density at radius 3 is 2.27 bits per heavy atom. The summed E-state index contributed by atoms with van der Waals surface area (Å²) in [6.07, 6.45) is 4.12. The van der Waals surface area contributed by atoms with Gasteiger partial charge in [0.1, 0.15) is 6.73 Å². The van der Waals surface area contributed by atoms with E-state index in [1.807, 2.05) is 0 Å². The minimum atomic E-state index is 0.819. The molecule has 3 nitrogen and oxygen atoms in total. The van der Waals surface area contributed by atoms with Crippen molar-refractivity contribution in [3.8, 4) is 0 Å². The van der Waals surface area contributed by atoms with Gasteiger partial charge in [-0.3, -0.25) is 0 Å². The Morgan fingerprint density at radius 2 is 1.64 bits per heavy atom. The summed E-state index contributed by atoms with van der Waals surface area (Å²) in [6, 6.07) is 0. The number of rotatable bonds is 1. The van der Waals surface area contributed by atoms with Gasteiger partial charge in [-0.2, -0.15) is 0 Å². The van der Waals surface area contributed by atoms with Crippen LogP contribution in [0, 0.1) is 0 Å². The monoisotopic (exact) mass is 156 g/mol. The first kappa shape index (κ1) is 7.53. The van der Waals surface area contributed by atoms with Crippen molar-refractivity contribution in [1.29, 1.82) is 0 Å². The van der Waals surface area contributed by atoms with Crippen LogP contribution in [0.4, 0.5) is 0 Å². The van der Waals surface area contributed by atoms with Gasteiger partial charge in [-0.25, -0.2) is 10.0 Å². The number of piperidine rings is 1. The molecular formula is C8H16N2O. The van der Waals surface area contributed by atoms with Gasteiger partial charge in [-0.15, -0.1) is 0 Å². The van der Waals surface area contributed by atoms with Crippen molar-refractivity contribution in [3.05, 3.63) is 0 Å². The van der Waals surface area contributed by atoms with Crippen LogP contribution in [0.15, 0.2) is 0 Å². The van der Waals surface area contributed by atoms with Gasteiger partial charge >= 0.3 is 0 Å². The second kappa shape index (κ2) is 3.52. The number of hydrogen-bond donors (Lipinski definition) is 0. The van der Waals surface area contributed by atoms with Gasteiger partial charge in [0.25, 0.3) is 0 Å². The van der Waals surface area contributed by atoms with E-state index in [9.17, 15) is 0 Å². The van der Waals surface area contributed by atoms with Gasteiger partial charge in [0.15, 0.2) is 0 Å². The van der Waals surface area contributed by atoms with Crippen LogP contribution in [0.1, 0.15) is 19.3 Å². The average molecular weight is 156 g/mol. The third kappa shape index (κ3) is 1.72. The predicted molar refractivity (Wildman–Crippen MR) is 42.9 cm³/mol.